The van der Waals surface area contributed by atoms with Crippen molar-refractivity contribution in [2.45, 2.75) is 30.4 Å². The van der Waals surface area contributed by atoms with Gasteiger partial charge in [-0.05, 0) is 55.7 Å². The third kappa shape index (κ3) is 4.55. The fraction of sp³-hybridized carbons (Fsp3) is 0.227. The first kappa shape index (κ1) is 22.5. The Morgan fingerprint density at radius 1 is 0.912 bits per heavy atom. The number of hydrogen-bond donors (Lipinski definition) is 0. The topological polar surface area (TPSA) is 62.1 Å². The van der Waals surface area contributed by atoms with E-state index < -0.39 is 15.1 Å². The number of aromatic nitrogens is 4. The minimum absolute atomic E-state index is 0.0157. The average molecular weight is 498 g/mol. The summed E-state index contributed by atoms with van der Waals surface area (Å²) in [6.45, 7) is 0.674. The van der Waals surface area contributed by atoms with Gasteiger partial charge in [-0.15, -0.1) is 0 Å². The fourth-order valence-electron chi connectivity index (χ4n) is 3.82. The summed E-state index contributed by atoms with van der Waals surface area (Å²) in [5.74, 6) is -0.0732. The number of ether oxygens (including phenoxy) is 2. The number of nitrogens with zero attached hydrogens (tertiary/aromatic N) is 4. The van der Waals surface area contributed by atoms with Crippen LogP contribution in [0.2, 0.25) is 0 Å². The van der Waals surface area contributed by atoms with E-state index in [-0.39, 0.29) is 17.9 Å². The molecule has 0 saturated carbocycles. The molecule has 2 aromatic heterocycles. The smallest absolute Gasteiger partial charge is 0.310 e. The van der Waals surface area contributed by atoms with E-state index in [2.05, 4.69) is 15.0 Å². The molecule has 4 aromatic rings. The minimum atomic E-state index is -9.76. The van der Waals surface area contributed by atoms with Crippen molar-refractivity contribution < 1.29 is 28.9 Å². The number of rotatable bonds is 5. The van der Waals surface area contributed by atoms with Crippen LogP contribution in [0.4, 0.5) is 19.4 Å². The Balaban J connectivity index is 1.48. The van der Waals surface area contributed by atoms with E-state index in [9.17, 15) is 19.4 Å². The van der Waals surface area contributed by atoms with Crippen LogP contribution in [0.15, 0.2) is 66.1 Å². The second kappa shape index (κ2) is 7.37. The van der Waals surface area contributed by atoms with Gasteiger partial charge in [0.25, 0.3) is 0 Å². The lowest BCUT2D eigenvalue weighted by atomic mass is 10.1. The van der Waals surface area contributed by atoms with Gasteiger partial charge in [0.15, 0.2) is 0 Å². The fourth-order valence-corrected chi connectivity index (χ4v) is 4.47. The highest BCUT2D eigenvalue weighted by molar-refractivity contribution is 8.45. The summed E-state index contributed by atoms with van der Waals surface area (Å²) in [6.07, 6.45) is 7.33. The standard InChI is InChI=1S/C22H19F5N4O2S/c23-34(24,25,26,27)17-7-5-16(6-8-17)33-22-21(28-10-11-29-22)15-4-9-18-19(13-15)31(14-30-18)20-3-1-2-12-32-20/h4-11,13-14,20H,1-3,12H2. The second-order valence-corrected chi connectivity index (χ2v) is 10.3. The number of imidazole rings is 1. The predicted molar refractivity (Wildman–Crippen MR) is 118 cm³/mol. The van der Waals surface area contributed by atoms with Crippen LogP contribution in [0.1, 0.15) is 25.5 Å². The molecule has 1 aliphatic rings. The molecule has 0 amide bonds. The van der Waals surface area contributed by atoms with Gasteiger partial charge >= 0.3 is 10.2 Å². The molecule has 3 heterocycles. The molecule has 2 aromatic carbocycles. The lowest BCUT2D eigenvalue weighted by Crippen LogP contribution is -2.17. The van der Waals surface area contributed by atoms with Gasteiger partial charge in [-0.2, -0.15) is 0 Å². The van der Waals surface area contributed by atoms with Crippen molar-refractivity contribution in [2.75, 3.05) is 6.61 Å². The molecule has 1 fully saturated rings. The van der Waals surface area contributed by atoms with Gasteiger partial charge in [0, 0.05) is 24.6 Å². The Morgan fingerprint density at radius 3 is 2.38 bits per heavy atom. The summed E-state index contributed by atoms with van der Waals surface area (Å²) in [5, 5.41) is 0. The van der Waals surface area contributed by atoms with Gasteiger partial charge in [0.1, 0.15) is 22.6 Å². The van der Waals surface area contributed by atoms with Crippen molar-refractivity contribution in [3.05, 3.63) is 61.2 Å². The van der Waals surface area contributed by atoms with Gasteiger partial charge in [0.05, 0.1) is 17.4 Å². The normalized spacial score (nSPS) is 18.9. The lowest BCUT2D eigenvalue weighted by molar-refractivity contribution is -0.0295. The van der Waals surface area contributed by atoms with Crippen LogP contribution < -0.4 is 4.74 Å². The maximum absolute atomic E-state index is 13.0. The zero-order chi connectivity index (χ0) is 24.0. The van der Waals surface area contributed by atoms with Gasteiger partial charge in [-0.3, -0.25) is 0 Å². The molecule has 1 unspecified atom stereocenters. The maximum atomic E-state index is 13.0. The SMILES string of the molecule is FS(F)(F)(F)(F)c1ccc(Oc2nccnc2-c2ccc3ncn(C4CCCCO4)c3c2)cc1. The molecule has 12 heteroatoms. The molecule has 0 N–H and O–H groups in total. The molecule has 1 aliphatic heterocycles. The van der Waals surface area contributed by atoms with Crippen molar-refractivity contribution in [3.63, 3.8) is 0 Å². The molecule has 0 spiro atoms. The van der Waals surface area contributed by atoms with Crippen molar-refractivity contribution in [1.29, 1.82) is 0 Å². The van der Waals surface area contributed by atoms with Gasteiger partial charge in [-0.1, -0.05) is 25.5 Å². The second-order valence-electron chi connectivity index (χ2n) is 7.93. The minimum Gasteiger partial charge on any atom is -0.437 e. The van der Waals surface area contributed by atoms with E-state index >= 15 is 0 Å². The van der Waals surface area contributed by atoms with Crippen LogP contribution >= 0.6 is 10.2 Å². The molecular weight excluding hydrogens is 479 g/mol. The van der Waals surface area contributed by atoms with E-state index in [4.69, 9.17) is 9.47 Å². The first-order valence-electron chi connectivity index (χ1n) is 10.4. The Labute approximate surface area is 191 Å². The quantitative estimate of drug-likeness (QED) is 0.265. The van der Waals surface area contributed by atoms with E-state index in [0.29, 0.717) is 30.0 Å². The highest BCUT2D eigenvalue weighted by Crippen LogP contribution is 3.02. The number of halogens is 5. The molecular formula is C22H19F5N4O2S. The number of benzene rings is 2. The zero-order valence-corrected chi connectivity index (χ0v) is 18.4. The highest BCUT2D eigenvalue weighted by atomic mass is 32.5. The zero-order valence-electron chi connectivity index (χ0n) is 17.6. The number of fused-ring (bicyclic) bond motifs is 1. The van der Waals surface area contributed by atoms with E-state index in [1.54, 1.807) is 12.4 Å². The lowest BCUT2D eigenvalue weighted by Gasteiger charge is -2.40. The summed E-state index contributed by atoms with van der Waals surface area (Å²) in [6, 6.07) is 7.67. The summed E-state index contributed by atoms with van der Waals surface area (Å²) in [7, 11) is -9.76. The average Bonchev–Trinajstić information content (AvgIpc) is 3.22. The highest BCUT2D eigenvalue weighted by Gasteiger charge is 2.65. The molecule has 1 saturated heterocycles. The monoisotopic (exact) mass is 498 g/mol. The molecule has 0 bridgehead atoms. The van der Waals surface area contributed by atoms with E-state index in [1.165, 1.54) is 12.4 Å². The first-order chi connectivity index (χ1) is 16.0. The van der Waals surface area contributed by atoms with Crippen LogP contribution in [0.25, 0.3) is 22.3 Å². The van der Waals surface area contributed by atoms with Crippen molar-refractivity contribution in [1.82, 2.24) is 19.5 Å². The summed E-state index contributed by atoms with van der Waals surface area (Å²) < 4.78 is 78.3. The predicted octanol–water partition coefficient (Wildman–Crippen LogP) is 7.64. The third-order valence-corrected chi connectivity index (χ3v) is 6.63. The molecule has 0 radical (unpaired) electrons. The van der Waals surface area contributed by atoms with Crippen LogP contribution in [0.5, 0.6) is 11.6 Å². The Kier molecular flexibility index (Phi) is 4.89. The third-order valence-electron chi connectivity index (χ3n) is 5.46. The van der Waals surface area contributed by atoms with Crippen LogP contribution in [-0.2, 0) is 4.74 Å². The van der Waals surface area contributed by atoms with Crippen molar-refractivity contribution in [2.24, 2.45) is 0 Å². The number of hydrogen-bond acceptors (Lipinski definition) is 5. The largest absolute Gasteiger partial charge is 0.437 e. The van der Waals surface area contributed by atoms with Gasteiger partial charge in [0.2, 0.25) is 5.88 Å². The Hall–Kier alpha value is -3.25. The van der Waals surface area contributed by atoms with E-state index in [1.807, 2.05) is 16.7 Å². The summed E-state index contributed by atoms with van der Waals surface area (Å²) in [4.78, 5) is 10.9. The van der Waals surface area contributed by atoms with Gasteiger partial charge < -0.3 is 14.0 Å². The van der Waals surface area contributed by atoms with Crippen LogP contribution in [0.3, 0.4) is 0 Å². The van der Waals surface area contributed by atoms with Crippen LogP contribution in [0, 0.1) is 0 Å². The summed E-state index contributed by atoms with van der Waals surface area (Å²) >= 11 is 0. The summed E-state index contributed by atoms with van der Waals surface area (Å²) in [5.41, 5.74) is 2.55. The maximum Gasteiger partial charge on any atom is 0.310 e. The molecule has 1 atom stereocenters. The molecule has 5 rings (SSSR count). The van der Waals surface area contributed by atoms with Gasteiger partial charge in [-0.25, -0.2) is 15.0 Å². The van der Waals surface area contributed by atoms with Crippen molar-refractivity contribution in [3.8, 4) is 22.9 Å². The molecule has 6 nitrogen and oxygen atoms in total. The molecule has 34 heavy (non-hydrogen) atoms. The van der Waals surface area contributed by atoms with Crippen molar-refractivity contribution >= 4 is 21.3 Å². The van der Waals surface area contributed by atoms with E-state index in [0.717, 1.165) is 42.4 Å². The molecule has 0 aliphatic carbocycles. The van der Waals surface area contributed by atoms with Crippen LogP contribution in [-0.4, -0.2) is 26.1 Å². The Bertz CT molecular complexity index is 1360. The molecule has 180 valence electrons. The first-order valence-corrected chi connectivity index (χ1v) is 12.3. The Morgan fingerprint density at radius 2 is 1.68 bits per heavy atom.